The lowest BCUT2D eigenvalue weighted by molar-refractivity contribution is -0.119. The molecule has 1 aliphatic rings. The van der Waals surface area contributed by atoms with Crippen LogP contribution in [0, 0.1) is 0 Å². The molecule has 0 saturated carbocycles. The predicted octanol–water partition coefficient (Wildman–Crippen LogP) is 0.896. The number of amides is 2. The minimum Gasteiger partial charge on any atom is -0.473 e. The summed E-state index contributed by atoms with van der Waals surface area (Å²) >= 11 is 6.10. The number of rotatable bonds is 5. The second kappa shape index (κ2) is 7.42. The molecule has 0 bridgehead atoms. The summed E-state index contributed by atoms with van der Waals surface area (Å²) in [5.74, 6) is -0.807. The molecule has 1 saturated heterocycles. The van der Waals surface area contributed by atoms with Gasteiger partial charge >= 0.3 is 0 Å². The van der Waals surface area contributed by atoms with Crippen molar-refractivity contribution in [1.82, 2.24) is 10.3 Å². The maximum atomic E-state index is 11.9. The zero-order valence-electron chi connectivity index (χ0n) is 12.2. The van der Waals surface area contributed by atoms with Gasteiger partial charge in [0.25, 0.3) is 5.91 Å². The number of nitrogens with zero attached hydrogens (tertiary/aromatic N) is 1. The smallest absolute Gasteiger partial charge is 0.253 e. The number of ether oxygens (including phenoxy) is 2. The molecule has 22 heavy (non-hydrogen) atoms. The first-order chi connectivity index (χ1) is 10.5. The van der Waals surface area contributed by atoms with Crippen molar-refractivity contribution in [2.45, 2.75) is 31.9 Å². The van der Waals surface area contributed by atoms with Crippen LogP contribution in [0.1, 0.15) is 30.1 Å². The molecular weight excluding hydrogens is 310 g/mol. The lowest BCUT2D eigenvalue weighted by atomic mass is 10.1. The van der Waals surface area contributed by atoms with E-state index in [9.17, 15) is 9.59 Å². The normalized spacial score (nSPS) is 16.8. The van der Waals surface area contributed by atoms with Crippen LogP contribution in [0.2, 0.25) is 5.02 Å². The Morgan fingerprint density at radius 2 is 2.18 bits per heavy atom. The van der Waals surface area contributed by atoms with Gasteiger partial charge in [-0.05, 0) is 13.0 Å². The lowest BCUT2D eigenvalue weighted by Crippen LogP contribution is -2.42. The molecule has 1 atom stereocenters. The Balaban J connectivity index is 2.02. The van der Waals surface area contributed by atoms with Crippen molar-refractivity contribution < 1.29 is 19.1 Å². The first-order valence-corrected chi connectivity index (χ1v) is 7.35. The summed E-state index contributed by atoms with van der Waals surface area (Å²) in [6.07, 6.45) is 2.91. The molecule has 2 amide bonds. The molecule has 1 aromatic heterocycles. The van der Waals surface area contributed by atoms with Gasteiger partial charge in [0, 0.05) is 19.0 Å². The summed E-state index contributed by atoms with van der Waals surface area (Å²) in [5, 5.41) is 2.70. The van der Waals surface area contributed by atoms with E-state index in [4.69, 9.17) is 26.8 Å². The van der Waals surface area contributed by atoms with Gasteiger partial charge in [0.05, 0.1) is 18.8 Å². The van der Waals surface area contributed by atoms with Gasteiger partial charge in [-0.15, -0.1) is 0 Å². The number of nitrogens with two attached hydrogens (primary N) is 1. The van der Waals surface area contributed by atoms with Crippen LogP contribution in [0.25, 0.3) is 0 Å². The Morgan fingerprint density at radius 1 is 1.50 bits per heavy atom. The van der Waals surface area contributed by atoms with Crippen molar-refractivity contribution in [3.63, 3.8) is 0 Å². The lowest BCUT2D eigenvalue weighted by Gasteiger charge is -2.23. The third-order valence-electron chi connectivity index (χ3n) is 3.29. The number of hydrogen-bond donors (Lipinski definition) is 2. The summed E-state index contributed by atoms with van der Waals surface area (Å²) < 4.78 is 11.0. The van der Waals surface area contributed by atoms with E-state index in [0.717, 1.165) is 12.8 Å². The van der Waals surface area contributed by atoms with E-state index in [1.54, 1.807) is 0 Å². The largest absolute Gasteiger partial charge is 0.473 e. The highest BCUT2D eigenvalue weighted by molar-refractivity contribution is 6.32. The predicted molar refractivity (Wildman–Crippen MR) is 79.8 cm³/mol. The molecule has 0 radical (unpaired) electrons. The number of carbonyl (C=O) groups excluding carboxylic acids is 2. The fraction of sp³-hybridized carbons (Fsp3) is 0.500. The molecule has 1 aromatic rings. The van der Waals surface area contributed by atoms with E-state index in [1.165, 1.54) is 19.2 Å². The Bertz CT molecular complexity index is 561. The first-order valence-electron chi connectivity index (χ1n) is 6.97. The van der Waals surface area contributed by atoms with Gasteiger partial charge in [-0.1, -0.05) is 11.6 Å². The third-order valence-corrected chi connectivity index (χ3v) is 3.56. The van der Waals surface area contributed by atoms with E-state index in [0.29, 0.717) is 13.2 Å². The summed E-state index contributed by atoms with van der Waals surface area (Å²) in [5.41, 5.74) is 5.33. The summed E-state index contributed by atoms with van der Waals surface area (Å²) in [4.78, 5) is 27.0. The second-order valence-corrected chi connectivity index (χ2v) is 5.45. The topological polar surface area (TPSA) is 104 Å². The first kappa shape index (κ1) is 16.5. The maximum absolute atomic E-state index is 11.9. The van der Waals surface area contributed by atoms with Crippen molar-refractivity contribution in [2.24, 2.45) is 5.73 Å². The Morgan fingerprint density at radius 3 is 2.77 bits per heavy atom. The van der Waals surface area contributed by atoms with E-state index in [2.05, 4.69) is 10.3 Å². The van der Waals surface area contributed by atoms with Crippen molar-refractivity contribution in [3.05, 3.63) is 22.8 Å². The van der Waals surface area contributed by atoms with Gasteiger partial charge in [0.2, 0.25) is 11.8 Å². The zero-order valence-corrected chi connectivity index (χ0v) is 12.9. The van der Waals surface area contributed by atoms with Crippen LogP contribution in [0.5, 0.6) is 5.88 Å². The van der Waals surface area contributed by atoms with Crippen molar-refractivity contribution in [2.75, 3.05) is 13.2 Å². The van der Waals surface area contributed by atoms with Gasteiger partial charge in [-0.2, -0.15) is 0 Å². The van der Waals surface area contributed by atoms with Crippen molar-refractivity contribution in [3.8, 4) is 5.88 Å². The molecule has 3 N–H and O–H groups in total. The van der Waals surface area contributed by atoms with E-state index in [1.807, 2.05) is 0 Å². The molecule has 8 heteroatoms. The molecule has 0 aromatic carbocycles. The minimum absolute atomic E-state index is 0.00769. The monoisotopic (exact) mass is 327 g/mol. The van der Waals surface area contributed by atoms with Crippen LogP contribution >= 0.6 is 11.6 Å². The number of aromatic nitrogens is 1. The molecule has 1 aliphatic heterocycles. The highest BCUT2D eigenvalue weighted by Gasteiger charge is 2.19. The van der Waals surface area contributed by atoms with Crippen LogP contribution in [0.15, 0.2) is 12.3 Å². The Kier molecular flexibility index (Phi) is 5.57. The van der Waals surface area contributed by atoms with Crippen LogP contribution < -0.4 is 15.8 Å². The SMILES string of the molecule is CC(NC(=O)c1cnc(OC2CCOCC2)c(Cl)c1)C(N)=O. The molecule has 2 heterocycles. The fourth-order valence-corrected chi connectivity index (χ4v) is 2.15. The standard InChI is InChI=1S/C14H18ClN3O4/c1-8(12(16)19)18-13(20)9-6-11(15)14(17-7-9)22-10-2-4-21-5-3-10/h6-8,10H,2-5H2,1H3,(H2,16,19)(H,18,20). The average molecular weight is 328 g/mol. The van der Waals surface area contributed by atoms with Crippen LogP contribution in [-0.4, -0.2) is 42.2 Å². The number of hydrogen-bond acceptors (Lipinski definition) is 5. The fourth-order valence-electron chi connectivity index (χ4n) is 1.94. The molecule has 0 spiro atoms. The Labute approximate surface area is 133 Å². The number of primary amides is 1. The van der Waals surface area contributed by atoms with Crippen LogP contribution in [0.3, 0.4) is 0 Å². The summed E-state index contributed by atoms with van der Waals surface area (Å²) in [7, 11) is 0. The molecule has 1 unspecified atom stereocenters. The molecule has 120 valence electrons. The molecular formula is C14H18ClN3O4. The summed E-state index contributed by atoms with van der Waals surface area (Å²) in [6.45, 7) is 2.79. The number of pyridine rings is 1. The maximum Gasteiger partial charge on any atom is 0.253 e. The van der Waals surface area contributed by atoms with Gasteiger partial charge in [0.1, 0.15) is 17.2 Å². The minimum atomic E-state index is -0.774. The Hall–Kier alpha value is -1.86. The van der Waals surface area contributed by atoms with Crippen LogP contribution in [0.4, 0.5) is 0 Å². The number of nitrogens with one attached hydrogen (secondary N) is 1. The van der Waals surface area contributed by atoms with Gasteiger partial charge in [-0.25, -0.2) is 4.98 Å². The average Bonchev–Trinajstić information content (AvgIpc) is 2.50. The molecule has 7 nitrogen and oxygen atoms in total. The number of halogens is 1. The second-order valence-electron chi connectivity index (χ2n) is 5.04. The van der Waals surface area contributed by atoms with Gasteiger partial charge in [-0.3, -0.25) is 9.59 Å². The molecule has 1 fully saturated rings. The molecule has 2 rings (SSSR count). The van der Waals surface area contributed by atoms with Crippen molar-refractivity contribution in [1.29, 1.82) is 0 Å². The number of carbonyl (C=O) groups is 2. The van der Waals surface area contributed by atoms with Gasteiger partial charge < -0.3 is 20.5 Å². The van der Waals surface area contributed by atoms with Crippen LogP contribution in [-0.2, 0) is 9.53 Å². The quantitative estimate of drug-likeness (QED) is 0.836. The highest BCUT2D eigenvalue weighted by Crippen LogP contribution is 2.25. The van der Waals surface area contributed by atoms with Gasteiger partial charge in [0.15, 0.2) is 0 Å². The summed E-state index contributed by atoms with van der Waals surface area (Å²) in [6, 6.07) is 0.677. The third kappa shape index (κ3) is 4.32. The van der Waals surface area contributed by atoms with Crippen molar-refractivity contribution >= 4 is 23.4 Å². The molecule has 0 aliphatic carbocycles. The van der Waals surface area contributed by atoms with E-state index < -0.39 is 17.9 Å². The van der Waals surface area contributed by atoms with E-state index >= 15 is 0 Å². The zero-order chi connectivity index (χ0) is 16.1. The highest BCUT2D eigenvalue weighted by atomic mass is 35.5. The van der Waals surface area contributed by atoms with E-state index in [-0.39, 0.29) is 22.6 Å².